The monoisotopic (exact) mass is 502 g/mol. The summed E-state index contributed by atoms with van der Waals surface area (Å²) < 4.78 is 60.6. The normalized spacial score (nSPS) is 13.2. The molecule has 0 bridgehead atoms. The summed E-state index contributed by atoms with van der Waals surface area (Å²) in [6, 6.07) is 11.2. The molecule has 1 aliphatic rings. The summed E-state index contributed by atoms with van der Waals surface area (Å²) >= 11 is 0. The largest absolute Gasteiger partial charge is 0.454 e. The first-order valence-corrected chi connectivity index (χ1v) is 13.5. The fourth-order valence-electron chi connectivity index (χ4n) is 3.51. The van der Waals surface area contributed by atoms with Gasteiger partial charge in [0.1, 0.15) is 0 Å². The highest BCUT2D eigenvalue weighted by molar-refractivity contribution is 8.09. The molecule has 34 heavy (non-hydrogen) atoms. The Kier molecular flexibility index (Phi) is 5.06. The molecule has 12 nitrogen and oxygen atoms in total. The van der Waals surface area contributed by atoms with Crippen molar-refractivity contribution < 1.29 is 26.3 Å². The Hall–Kier alpha value is -3.91. The molecule has 2 aromatic heterocycles. The second kappa shape index (κ2) is 7.85. The first kappa shape index (κ1) is 21.9. The van der Waals surface area contributed by atoms with Crippen LogP contribution in [0.5, 0.6) is 11.5 Å². The van der Waals surface area contributed by atoms with Gasteiger partial charge in [0.25, 0.3) is 0 Å². The maximum atomic E-state index is 12.0. The van der Waals surface area contributed by atoms with Gasteiger partial charge in [-0.2, -0.15) is 13.8 Å². The lowest BCUT2D eigenvalue weighted by atomic mass is 10.3. The number of sulfonamides is 2. The van der Waals surface area contributed by atoms with Gasteiger partial charge in [-0.15, -0.1) is 0 Å². The Morgan fingerprint density at radius 1 is 0.941 bits per heavy atom. The minimum Gasteiger partial charge on any atom is -0.454 e. The van der Waals surface area contributed by atoms with Crippen molar-refractivity contribution >= 4 is 48.4 Å². The Morgan fingerprint density at radius 2 is 1.65 bits per heavy atom. The fraction of sp³-hybridized carbons (Fsp3) is 0.150. The molecular formula is C20H18N6O6S2. The van der Waals surface area contributed by atoms with Gasteiger partial charge in [0.2, 0.25) is 32.8 Å². The van der Waals surface area contributed by atoms with E-state index in [-0.39, 0.29) is 18.4 Å². The van der Waals surface area contributed by atoms with Crippen LogP contribution in [0.3, 0.4) is 0 Å². The molecule has 0 aliphatic carbocycles. The van der Waals surface area contributed by atoms with Crippen LogP contribution in [0.25, 0.3) is 16.7 Å². The van der Waals surface area contributed by atoms with Gasteiger partial charge in [-0.05, 0) is 36.4 Å². The third kappa shape index (κ3) is 4.08. The van der Waals surface area contributed by atoms with Gasteiger partial charge in [0.05, 0.1) is 35.5 Å². The van der Waals surface area contributed by atoms with E-state index in [0.29, 0.717) is 26.5 Å². The molecule has 1 N–H and O–H groups in total. The van der Waals surface area contributed by atoms with Gasteiger partial charge in [-0.1, -0.05) is 0 Å². The summed E-state index contributed by atoms with van der Waals surface area (Å²) in [6.07, 6.45) is 4.91. The van der Waals surface area contributed by atoms with Crippen LogP contribution in [-0.2, 0) is 20.0 Å². The van der Waals surface area contributed by atoms with Gasteiger partial charge in [-0.25, -0.2) is 26.5 Å². The number of anilines is 3. The zero-order valence-corrected chi connectivity index (χ0v) is 19.5. The van der Waals surface area contributed by atoms with Gasteiger partial charge in [0.15, 0.2) is 17.1 Å². The zero-order valence-electron chi connectivity index (χ0n) is 17.9. The predicted molar refractivity (Wildman–Crippen MR) is 125 cm³/mol. The standard InChI is InChI=1S/C20H18N6O6S2/c1-33(27,28)26(34(2,29)30)15-5-3-14(4-6-15)23-20-21-10-13-11-22-25(19(13)24-20)16-7-8-17-18(9-16)32-12-31-17/h3-11H,12H2,1-2H3,(H,21,23,24). The molecule has 1 aliphatic heterocycles. The molecule has 0 atom stereocenters. The molecule has 0 saturated carbocycles. The molecule has 5 rings (SSSR count). The van der Waals surface area contributed by atoms with Crippen LogP contribution >= 0.6 is 0 Å². The van der Waals surface area contributed by atoms with E-state index in [2.05, 4.69) is 20.4 Å². The first-order valence-electron chi connectivity index (χ1n) is 9.78. The Labute approximate surface area is 194 Å². The third-order valence-corrected chi connectivity index (χ3v) is 8.10. The van der Waals surface area contributed by atoms with Crippen molar-refractivity contribution in [3.05, 3.63) is 54.9 Å². The van der Waals surface area contributed by atoms with Crippen molar-refractivity contribution in [2.24, 2.45) is 0 Å². The number of aromatic nitrogens is 4. The molecule has 0 unspecified atom stereocenters. The van der Waals surface area contributed by atoms with Gasteiger partial charge in [0, 0.05) is 18.0 Å². The lowest BCUT2D eigenvalue weighted by Crippen LogP contribution is -2.35. The van der Waals surface area contributed by atoms with Crippen LogP contribution < -0.4 is 18.5 Å². The molecule has 176 valence electrons. The summed E-state index contributed by atoms with van der Waals surface area (Å²) in [5.41, 5.74) is 1.80. The van der Waals surface area contributed by atoms with Gasteiger partial charge in [-0.3, -0.25) is 0 Å². The fourth-order valence-corrected chi connectivity index (χ4v) is 6.48. The molecule has 14 heteroatoms. The van der Waals surface area contributed by atoms with Crippen molar-refractivity contribution in [2.45, 2.75) is 0 Å². The van der Waals surface area contributed by atoms with Crippen LogP contribution in [0.1, 0.15) is 0 Å². The van der Waals surface area contributed by atoms with Crippen molar-refractivity contribution in [1.82, 2.24) is 19.7 Å². The Morgan fingerprint density at radius 3 is 2.35 bits per heavy atom. The van der Waals surface area contributed by atoms with E-state index in [1.807, 2.05) is 6.07 Å². The van der Waals surface area contributed by atoms with E-state index in [4.69, 9.17) is 9.47 Å². The van der Waals surface area contributed by atoms with E-state index in [1.165, 1.54) is 24.3 Å². The van der Waals surface area contributed by atoms with Crippen LogP contribution in [-0.4, -0.2) is 55.9 Å². The molecule has 0 saturated heterocycles. The molecular weight excluding hydrogens is 484 g/mol. The van der Waals surface area contributed by atoms with Crippen molar-refractivity contribution in [3.8, 4) is 17.2 Å². The Bertz CT molecular complexity index is 1590. The number of benzene rings is 2. The van der Waals surface area contributed by atoms with Crippen LogP contribution in [0, 0.1) is 0 Å². The Balaban J connectivity index is 1.44. The quantitative estimate of drug-likeness (QED) is 0.415. The number of rotatable bonds is 6. The molecule has 4 aromatic rings. The maximum Gasteiger partial charge on any atom is 0.245 e. The number of fused-ring (bicyclic) bond motifs is 2. The minimum absolute atomic E-state index is 0.00666. The second-order valence-corrected chi connectivity index (χ2v) is 11.4. The third-order valence-electron chi connectivity index (χ3n) is 4.85. The summed E-state index contributed by atoms with van der Waals surface area (Å²) in [5, 5.41) is 8.13. The highest BCUT2D eigenvalue weighted by Gasteiger charge is 2.27. The summed E-state index contributed by atoms with van der Waals surface area (Å²) in [4.78, 5) is 8.82. The van der Waals surface area contributed by atoms with E-state index in [9.17, 15) is 16.8 Å². The average molecular weight is 503 g/mol. The van der Waals surface area contributed by atoms with E-state index < -0.39 is 20.0 Å². The lowest BCUT2D eigenvalue weighted by Gasteiger charge is -2.19. The van der Waals surface area contributed by atoms with Crippen molar-refractivity contribution in [1.29, 1.82) is 0 Å². The SMILES string of the molecule is CS(=O)(=O)N(c1ccc(Nc2ncc3cnn(-c4ccc5c(c4)OCO5)c3n2)cc1)S(C)(=O)=O. The summed E-state index contributed by atoms with van der Waals surface area (Å²) in [7, 11) is -8.05. The topological polar surface area (TPSA) is 146 Å². The second-order valence-electron chi connectivity index (χ2n) is 7.46. The van der Waals surface area contributed by atoms with Crippen LogP contribution in [0.2, 0.25) is 0 Å². The highest BCUT2D eigenvalue weighted by atomic mass is 32.3. The van der Waals surface area contributed by atoms with Gasteiger partial charge >= 0.3 is 0 Å². The van der Waals surface area contributed by atoms with Crippen molar-refractivity contribution in [3.63, 3.8) is 0 Å². The number of hydrogen-bond donors (Lipinski definition) is 1. The van der Waals surface area contributed by atoms with E-state index in [1.54, 1.807) is 29.2 Å². The average Bonchev–Trinajstić information content (AvgIpc) is 3.39. The number of ether oxygens (including phenoxy) is 2. The van der Waals surface area contributed by atoms with Crippen LogP contribution in [0.15, 0.2) is 54.9 Å². The number of nitrogens with zero attached hydrogens (tertiary/aromatic N) is 5. The lowest BCUT2D eigenvalue weighted by molar-refractivity contribution is 0.174. The maximum absolute atomic E-state index is 12.0. The first-order chi connectivity index (χ1) is 16.1. The minimum atomic E-state index is -4.03. The van der Waals surface area contributed by atoms with E-state index in [0.717, 1.165) is 23.6 Å². The molecule has 0 amide bonds. The molecule has 2 aromatic carbocycles. The molecule has 0 spiro atoms. The van der Waals surface area contributed by atoms with Crippen molar-refractivity contribution in [2.75, 3.05) is 28.3 Å². The zero-order chi connectivity index (χ0) is 24.1. The number of hydrogen-bond acceptors (Lipinski definition) is 10. The summed E-state index contributed by atoms with van der Waals surface area (Å²) in [6.45, 7) is 0.166. The smallest absolute Gasteiger partial charge is 0.245 e. The molecule has 3 heterocycles. The van der Waals surface area contributed by atoms with Crippen LogP contribution in [0.4, 0.5) is 17.3 Å². The predicted octanol–water partition coefficient (Wildman–Crippen LogP) is 2.01. The van der Waals surface area contributed by atoms with Gasteiger partial charge < -0.3 is 14.8 Å². The highest BCUT2D eigenvalue weighted by Crippen LogP contribution is 2.34. The number of nitrogens with one attached hydrogen (secondary N) is 1. The molecule has 0 fully saturated rings. The van der Waals surface area contributed by atoms with E-state index >= 15 is 0 Å². The molecule has 0 radical (unpaired) electrons. The summed E-state index contributed by atoms with van der Waals surface area (Å²) in [5.74, 6) is 1.54.